The van der Waals surface area contributed by atoms with Gasteiger partial charge >= 0.3 is 0 Å². The molecule has 1 heterocycles. The van der Waals surface area contributed by atoms with Gasteiger partial charge in [0.1, 0.15) is 0 Å². The van der Waals surface area contributed by atoms with E-state index in [9.17, 15) is 0 Å². The van der Waals surface area contributed by atoms with E-state index < -0.39 is 0 Å². The first-order valence-corrected chi connectivity index (χ1v) is 6.63. The first-order valence-electron chi connectivity index (χ1n) is 6.63. The summed E-state index contributed by atoms with van der Waals surface area (Å²) in [4.78, 5) is 0. The maximum atomic E-state index is 4.52. The molecule has 0 unspecified atom stereocenters. The maximum absolute atomic E-state index is 4.52. The molecule has 2 rings (SSSR count). The Labute approximate surface area is 110 Å². The number of hydrogen-bond donors (Lipinski definition) is 0. The third-order valence-electron chi connectivity index (χ3n) is 3.13. The predicted octanol–water partition coefficient (Wildman–Crippen LogP) is 4.38. The molecular weight excluding hydrogens is 220 g/mol. The van der Waals surface area contributed by atoms with Gasteiger partial charge in [-0.15, -0.1) is 0 Å². The molecule has 0 aliphatic carbocycles. The Balaban J connectivity index is 2.44. The molecule has 0 radical (unpaired) electrons. The van der Waals surface area contributed by atoms with Crippen LogP contribution in [0.5, 0.6) is 0 Å². The number of fused-ring (bicyclic) bond motifs is 1. The highest BCUT2D eigenvalue weighted by Crippen LogP contribution is 2.27. The number of rotatable bonds is 1. The molecule has 0 fully saturated rings. The lowest BCUT2D eigenvalue weighted by Crippen LogP contribution is -2.16. The van der Waals surface area contributed by atoms with Gasteiger partial charge in [-0.3, -0.25) is 4.68 Å². The quantitative estimate of drug-likeness (QED) is 0.728. The van der Waals surface area contributed by atoms with Gasteiger partial charge in [-0.05, 0) is 28.5 Å². The van der Waals surface area contributed by atoms with Gasteiger partial charge < -0.3 is 0 Å². The average Bonchev–Trinajstić information content (AvgIpc) is 2.57. The third-order valence-corrected chi connectivity index (χ3v) is 3.13. The zero-order valence-corrected chi connectivity index (χ0v) is 12.4. The Kier molecular flexibility index (Phi) is 3.00. The molecule has 0 amide bonds. The highest BCUT2D eigenvalue weighted by atomic mass is 15.3. The van der Waals surface area contributed by atoms with Gasteiger partial charge in [-0.2, -0.15) is 5.10 Å². The van der Waals surface area contributed by atoms with E-state index in [2.05, 4.69) is 69.5 Å². The van der Waals surface area contributed by atoms with E-state index in [1.165, 1.54) is 16.5 Å². The largest absolute Gasteiger partial charge is 0.264 e. The van der Waals surface area contributed by atoms with Crippen molar-refractivity contribution in [3.63, 3.8) is 0 Å². The summed E-state index contributed by atoms with van der Waals surface area (Å²) < 4.78 is 2.11. The molecule has 98 valence electrons. The first-order chi connectivity index (χ1) is 8.17. The number of aromatic nitrogens is 2. The Morgan fingerprint density at radius 1 is 1.06 bits per heavy atom. The molecule has 0 saturated carbocycles. The van der Waals surface area contributed by atoms with Crippen LogP contribution in [0.25, 0.3) is 10.9 Å². The predicted molar refractivity (Wildman–Crippen MR) is 77.9 cm³/mol. The summed E-state index contributed by atoms with van der Waals surface area (Å²) in [6.07, 6.45) is 1.98. The van der Waals surface area contributed by atoms with Crippen LogP contribution < -0.4 is 0 Å². The van der Waals surface area contributed by atoms with Crippen molar-refractivity contribution < 1.29 is 0 Å². The normalized spacial score (nSPS) is 13.2. The highest BCUT2D eigenvalue weighted by Gasteiger charge is 2.17. The lowest BCUT2D eigenvalue weighted by molar-refractivity contribution is 0.331. The molecular formula is C16H24N2. The van der Waals surface area contributed by atoms with Crippen LogP contribution in [0.1, 0.15) is 47.1 Å². The van der Waals surface area contributed by atoms with Crippen LogP contribution in [0, 0.1) is 5.41 Å². The van der Waals surface area contributed by atoms with Gasteiger partial charge in [0.15, 0.2) is 0 Å². The van der Waals surface area contributed by atoms with Crippen molar-refractivity contribution in [2.75, 3.05) is 0 Å². The second-order valence-electron chi connectivity index (χ2n) is 7.39. The first kappa shape index (κ1) is 13.1. The minimum Gasteiger partial charge on any atom is -0.264 e. The molecule has 0 spiro atoms. The van der Waals surface area contributed by atoms with E-state index in [1.54, 1.807) is 0 Å². The Hall–Kier alpha value is -1.31. The van der Waals surface area contributed by atoms with Crippen LogP contribution in [-0.2, 0) is 12.0 Å². The molecule has 0 aliphatic rings. The Morgan fingerprint density at radius 2 is 1.72 bits per heavy atom. The molecule has 0 atom stereocenters. The van der Waals surface area contributed by atoms with Crippen LogP contribution in [-0.4, -0.2) is 9.78 Å². The van der Waals surface area contributed by atoms with Crippen molar-refractivity contribution in [1.82, 2.24) is 9.78 Å². The number of benzene rings is 1. The van der Waals surface area contributed by atoms with Gasteiger partial charge in [0, 0.05) is 11.9 Å². The third kappa shape index (κ3) is 2.74. The number of nitrogens with zero attached hydrogens (tertiary/aromatic N) is 2. The maximum Gasteiger partial charge on any atom is 0.0682 e. The number of hydrogen-bond acceptors (Lipinski definition) is 1. The van der Waals surface area contributed by atoms with Crippen LogP contribution >= 0.6 is 0 Å². The Bertz CT molecular complexity index is 550. The molecule has 0 bridgehead atoms. The van der Waals surface area contributed by atoms with Crippen molar-refractivity contribution >= 4 is 10.9 Å². The fourth-order valence-electron chi connectivity index (χ4n) is 2.13. The van der Waals surface area contributed by atoms with Crippen LogP contribution in [0.2, 0.25) is 0 Å². The van der Waals surface area contributed by atoms with Crippen LogP contribution in [0.3, 0.4) is 0 Å². The molecule has 1 aromatic heterocycles. The monoisotopic (exact) mass is 244 g/mol. The molecule has 1 aromatic carbocycles. The van der Waals surface area contributed by atoms with Gasteiger partial charge in [-0.25, -0.2) is 0 Å². The minimum atomic E-state index is 0.195. The summed E-state index contributed by atoms with van der Waals surface area (Å²) in [5.74, 6) is 0. The van der Waals surface area contributed by atoms with Crippen LogP contribution in [0.4, 0.5) is 0 Å². The molecule has 0 saturated heterocycles. The van der Waals surface area contributed by atoms with Crippen molar-refractivity contribution in [2.24, 2.45) is 5.41 Å². The van der Waals surface area contributed by atoms with Gasteiger partial charge in [0.25, 0.3) is 0 Å². The summed E-state index contributed by atoms with van der Waals surface area (Å²) in [7, 11) is 0. The van der Waals surface area contributed by atoms with E-state index in [0.717, 1.165) is 6.54 Å². The lowest BCUT2D eigenvalue weighted by Gasteiger charge is -2.20. The summed E-state index contributed by atoms with van der Waals surface area (Å²) >= 11 is 0. The van der Waals surface area contributed by atoms with Gasteiger partial charge in [-0.1, -0.05) is 47.6 Å². The topological polar surface area (TPSA) is 17.8 Å². The van der Waals surface area contributed by atoms with Crippen molar-refractivity contribution in [2.45, 2.75) is 53.5 Å². The summed E-state index contributed by atoms with van der Waals surface area (Å²) in [6, 6.07) is 6.69. The van der Waals surface area contributed by atoms with Gasteiger partial charge in [0.2, 0.25) is 0 Å². The van der Waals surface area contributed by atoms with E-state index in [4.69, 9.17) is 0 Å². The minimum absolute atomic E-state index is 0.195. The van der Waals surface area contributed by atoms with Crippen molar-refractivity contribution in [3.05, 3.63) is 30.0 Å². The second kappa shape index (κ2) is 4.11. The lowest BCUT2D eigenvalue weighted by atomic mass is 9.86. The zero-order valence-electron chi connectivity index (χ0n) is 12.4. The van der Waals surface area contributed by atoms with E-state index in [-0.39, 0.29) is 10.8 Å². The molecule has 18 heavy (non-hydrogen) atoms. The van der Waals surface area contributed by atoms with E-state index >= 15 is 0 Å². The Morgan fingerprint density at radius 3 is 2.28 bits per heavy atom. The molecule has 2 aromatic rings. The highest BCUT2D eigenvalue weighted by molar-refractivity contribution is 5.79. The van der Waals surface area contributed by atoms with Crippen molar-refractivity contribution in [1.29, 1.82) is 0 Å². The van der Waals surface area contributed by atoms with E-state index in [0.29, 0.717) is 0 Å². The van der Waals surface area contributed by atoms with E-state index in [1.807, 2.05) is 6.20 Å². The standard InChI is InChI=1S/C16H24N2/c1-15(2,3)11-18-14-8-7-13(16(4,5)6)9-12(14)10-17-18/h7-10H,11H2,1-6H3. The summed E-state index contributed by atoms with van der Waals surface area (Å²) in [5, 5.41) is 5.76. The second-order valence-corrected chi connectivity index (χ2v) is 7.39. The SMILES string of the molecule is CC(C)(C)Cn1ncc2cc(C(C)(C)C)ccc21. The fourth-order valence-corrected chi connectivity index (χ4v) is 2.13. The zero-order chi connectivity index (χ0) is 13.6. The molecule has 2 nitrogen and oxygen atoms in total. The smallest absolute Gasteiger partial charge is 0.0682 e. The fraction of sp³-hybridized carbons (Fsp3) is 0.562. The summed E-state index contributed by atoms with van der Waals surface area (Å²) in [5.41, 5.74) is 3.05. The molecule has 0 N–H and O–H groups in total. The van der Waals surface area contributed by atoms with Crippen molar-refractivity contribution in [3.8, 4) is 0 Å². The van der Waals surface area contributed by atoms with Crippen LogP contribution in [0.15, 0.2) is 24.4 Å². The van der Waals surface area contributed by atoms with Gasteiger partial charge in [0.05, 0.1) is 11.7 Å². The molecule has 2 heteroatoms. The average molecular weight is 244 g/mol. The molecule has 0 aliphatic heterocycles. The summed E-state index contributed by atoms with van der Waals surface area (Å²) in [6.45, 7) is 14.4.